The van der Waals surface area contributed by atoms with Gasteiger partial charge in [0.05, 0.1) is 12.2 Å². The van der Waals surface area contributed by atoms with Gasteiger partial charge in [-0.3, -0.25) is 0 Å². The molecular weight excluding hydrogens is 278 g/mol. The van der Waals surface area contributed by atoms with Gasteiger partial charge in [-0.1, -0.05) is 64.1 Å². The van der Waals surface area contributed by atoms with Gasteiger partial charge in [-0.15, -0.1) is 5.10 Å². The van der Waals surface area contributed by atoms with Crippen molar-refractivity contribution in [1.29, 1.82) is 0 Å². The van der Waals surface area contributed by atoms with Crippen LogP contribution in [0, 0.1) is 0 Å². The van der Waals surface area contributed by atoms with Gasteiger partial charge >= 0.3 is 5.97 Å². The number of rotatable bonds is 4. The average Bonchev–Trinajstić information content (AvgIpc) is 2.83. The molecule has 0 saturated carbocycles. The Hall–Kier alpha value is -2.17. The summed E-state index contributed by atoms with van der Waals surface area (Å²) >= 11 is 0. The molecule has 1 aromatic carbocycles. The Kier molecular flexibility index (Phi) is 4.35. The molecule has 5 nitrogen and oxygen atoms in total. The van der Waals surface area contributed by atoms with Crippen LogP contribution < -0.4 is 0 Å². The predicted octanol–water partition coefficient (Wildman–Crippen LogP) is 3.45. The van der Waals surface area contributed by atoms with Gasteiger partial charge in [0.2, 0.25) is 0 Å². The monoisotopic (exact) mass is 301 g/mol. The van der Waals surface area contributed by atoms with Crippen LogP contribution in [0.3, 0.4) is 0 Å². The maximum Gasteiger partial charge on any atom is 0.358 e. The summed E-state index contributed by atoms with van der Waals surface area (Å²) in [5.41, 5.74) is 2.70. The van der Waals surface area contributed by atoms with Crippen LogP contribution in [0.5, 0.6) is 0 Å². The molecule has 0 aliphatic rings. The first-order chi connectivity index (χ1) is 10.2. The van der Waals surface area contributed by atoms with Crippen molar-refractivity contribution in [2.45, 2.75) is 52.5 Å². The Balaban J connectivity index is 2.35. The Morgan fingerprint density at radius 3 is 2.27 bits per heavy atom. The van der Waals surface area contributed by atoms with Crippen molar-refractivity contribution in [1.82, 2.24) is 15.0 Å². The molecule has 0 radical (unpaired) electrons. The zero-order chi connectivity index (χ0) is 16.5. The molecule has 118 valence electrons. The van der Waals surface area contributed by atoms with Crippen LogP contribution >= 0.6 is 0 Å². The Morgan fingerprint density at radius 1 is 1.23 bits per heavy atom. The van der Waals surface area contributed by atoms with E-state index in [2.05, 4.69) is 48.4 Å². The molecule has 0 aliphatic carbocycles. The summed E-state index contributed by atoms with van der Waals surface area (Å²) in [4.78, 5) is 11.3. The molecule has 5 heteroatoms. The Bertz CT molecular complexity index is 664. The van der Waals surface area contributed by atoms with Gasteiger partial charge in [0, 0.05) is 5.41 Å². The first kappa shape index (κ1) is 16.2. The van der Waals surface area contributed by atoms with Gasteiger partial charge in [-0.2, -0.15) is 0 Å². The fraction of sp³-hybridized carbons (Fsp3) is 0.471. The van der Waals surface area contributed by atoms with E-state index in [-0.39, 0.29) is 11.1 Å². The van der Waals surface area contributed by atoms with E-state index in [0.717, 1.165) is 5.56 Å². The first-order valence-corrected chi connectivity index (χ1v) is 7.46. The second kappa shape index (κ2) is 5.91. The third kappa shape index (κ3) is 3.35. The first-order valence-electron chi connectivity index (χ1n) is 7.46. The minimum absolute atomic E-state index is 0.0336. The Labute approximate surface area is 131 Å². The fourth-order valence-corrected chi connectivity index (χ4v) is 2.49. The fourth-order valence-electron chi connectivity index (χ4n) is 2.49. The number of carbonyl (C=O) groups is 1. The van der Waals surface area contributed by atoms with Gasteiger partial charge in [-0.05, 0) is 17.0 Å². The lowest BCUT2D eigenvalue weighted by atomic mass is 9.90. The molecule has 1 aromatic heterocycles. The summed E-state index contributed by atoms with van der Waals surface area (Å²) in [6.45, 7) is 10.7. The van der Waals surface area contributed by atoms with Gasteiger partial charge in [0.1, 0.15) is 0 Å². The van der Waals surface area contributed by atoms with Crippen molar-refractivity contribution >= 4 is 5.97 Å². The van der Waals surface area contributed by atoms with Crippen LogP contribution in [-0.4, -0.2) is 26.1 Å². The van der Waals surface area contributed by atoms with E-state index in [1.54, 1.807) is 4.68 Å². The number of hydrogen-bond donors (Lipinski definition) is 1. The maximum atomic E-state index is 11.3. The molecule has 0 atom stereocenters. The highest BCUT2D eigenvalue weighted by molar-refractivity contribution is 5.86. The normalized spacial score (nSPS) is 11.9. The molecule has 0 amide bonds. The molecule has 1 N–H and O–H groups in total. The molecule has 1 heterocycles. The van der Waals surface area contributed by atoms with E-state index in [1.165, 1.54) is 5.56 Å². The van der Waals surface area contributed by atoms with Crippen molar-refractivity contribution in [3.63, 3.8) is 0 Å². The number of carboxylic acids is 1. The van der Waals surface area contributed by atoms with Gasteiger partial charge in [0.25, 0.3) is 0 Å². The highest BCUT2D eigenvalue weighted by Crippen LogP contribution is 2.25. The lowest BCUT2D eigenvalue weighted by molar-refractivity contribution is 0.0687. The largest absolute Gasteiger partial charge is 0.476 e. The van der Waals surface area contributed by atoms with Gasteiger partial charge < -0.3 is 5.11 Å². The third-order valence-electron chi connectivity index (χ3n) is 3.63. The SMILES string of the molecule is CC(C)c1ccc(Cn2nnc(C(=O)O)c2C(C)(C)C)cc1. The van der Waals surface area contributed by atoms with Crippen molar-refractivity contribution in [2.75, 3.05) is 0 Å². The van der Waals surface area contributed by atoms with E-state index in [4.69, 9.17) is 0 Å². The zero-order valence-electron chi connectivity index (χ0n) is 13.8. The van der Waals surface area contributed by atoms with Crippen molar-refractivity contribution in [2.24, 2.45) is 0 Å². The third-order valence-corrected chi connectivity index (χ3v) is 3.63. The summed E-state index contributed by atoms with van der Waals surface area (Å²) in [6, 6.07) is 8.32. The molecule has 0 saturated heterocycles. The van der Waals surface area contributed by atoms with Crippen molar-refractivity contribution in [3.05, 3.63) is 46.8 Å². The number of carboxylic acid groups (broad SMARTS) is 1. The predicted molar refractivity (Wildman–Crippen MR) is 85.3 cm³/mol. The Morgan fingerprint density at radius 2 is 1.82 bits per heavy atom. The second-order valence-electron chi connectivity index (χ2n) is 6.90. The van der Waals surface area contributed by atoms with Crippen LogP contribution in [0.15, 0.2) is 24.3 Å². The summed E-state index contributed by atoms with van der Waals surface area (Å²) < 4.78 is 1.69. The molecule has 0 unspecified atom stereocenters. The van der Waals surface area contributed by atoms with E-state index < -0.39 is 5.97 Å². The summed E-state index contributed by atoms with van der Waals surface area (Å²) in [7, 11) is 0. The van der Waals surface area contributed by atoms with Crippen LogP contribution in [0.1, 0.15) is 67.8 Å². The van der Waals surface area contributed by atoms with E-state index >= 15 is 0 Å². The van der Waals surface area contributed by atoms with Crippen LogP contribution in [0.25, 0.3) is 0 Å². The number of benzene rings is 1. The van der Waals surface area contributed by atoms with Gasteiger partial charge in [-0.25, -0.2) is 9.48 Å². The number of aromatic nitrogens is 3. The molecule has 0 fully saturated rings. The quantitative estimate of drug-likeness (QED) is 0.939. The van der Waals surface area contributed by atoms with Crippen molar-refractivity contribution in [3.8, 4) is 0 Å². The molecule has 2 rings (SSSR count). The van der Waals surface area contributed by atoms with Crippen LogP contribution in [0.4, 0.5) is 0 Å². The highest BCUT2D eigenvalue weighted by atomic mass is 16.4. The van der Waals surface area contributed by atoms with E-state index in [9.17, 15) is 9.90 Å². The van der Waals surface area contributed by atoms with E-state index in [1.807, 2.05) is 20.8 Å². The smallest absolute Gasteiger partial charge is 0.358 e. The number of aromatic carboxylic acids is 1. The van der Waals surface area contributed by atoms with Gasteiger partial charge in [0.15, 0.2) is 5.69 Å². The lowest BCUT2D eigenvalue weighted by Crippen LogP contribution is -2.22. The highest BCUT2D eigenvalue weighted by Gasteiger charge is 2.28. The lowest BCUT2D eigenvalue weighted by Gasteiger charge is -2.20. The topological polar surface area (TPSA) is 68.0 Å². The van der Waals surface area contributed by atoms with Crippen LogP contribution in [0.2, 0.25) is 0 Å². The average molecular weight is 301 g/mol. The van der Waals surface area contributed by atoms with E-state index in [0.29, 0.717) is 18.2 Å². The van der Waals surface area contributed by atoms with Crippen molar-refractivity contribution < 1.29 is 9.90 Å². The van der Waals surface area contributed by atoms with Crippen LogP contribution in [-0.2, 0) is 12.0 Å². The zero-order valence-corrected chi connectivity index (χ0v) is 13.8. The number of nitrogens with zero attached hydrogens (tertiary/aromatic N) is 3. The molecule has 2 aromatic rings. The molecule has 0 bridgehead atoms. The minimum atomic E-state index is -1.04. The molecule has 0 spiro atoms. The molecule has 22 heavy (non-hydrogen) atoms. The number of hydrogen-bond acceptors (Lipinski definition) is 3. The maximum absolute atomic E-state index is 11.3. The standard InChI is InChI=1S/C17H23N3O2/c1-11(2)13-8-6-12(7-9-13)10-20-15(17(3,4)5)14(16(21)22)18-19-20/h6-9,11H,10H2,1-5H3,(H,21,22). The minimum Gasteiger partial charge on any atom is -0.476 e. The molecular formula is C17H23N3O2. The molecule has 0 aliphatic heterocycles. The summed E-state index contributed by atoms with van der Waals surface area (Å²) in [5, 5.41) is 17.2. The summed E-state index contributed by atoms with van der Waals surface area (Å²) in [6.07, 6.45) is 0. The summed E-state index contributed by atoms with van der Waals surface area (Å²) in [5.74, 6) is -0.546. The second-order valence-corrected chi connectivity index (χ2v) is 6.90.